The third-order valence-electron chi connectivity index (χ3n) is 2.86. The zero-order valence-corrected chi connectivity index (χ0v) is 12.2. The summed E-state index contributed by atoms with van der Waals surface area (Å²) in [5.41, 5.74) is 0.761. The summed E-state index contributed by atoms with van der Waals surface area (Å²) in [7, 11) is 0. The Bertz CT molecular complexity index is 682. The highest BCUT2D eigenvalue weighted by Gasteiger charge is 2.12. The van der Waals surface area contributed by atoms with Gasteiger partial charge in [0.15, 0.2) is 0 Å². The van der Waals surface area contributed by atoms with E-state index >= 15 is 0 Å². The second kappa shape index (κ2) is 6.09. The van der Waals surface area contributed by atoms with E-state index in [9.17, 15) is 19.8 Å². The van der Waals surface area contributed by atoms with E-state index in [4.69, 9.17) is 8.83 Å². The van der Waals surface area contributed by atoms with Crippen LogP contribution in [0, 0.1) is 13.8 Å². The summed E-state index contributed by atoms with van der Waals surface area (Å²) in [6.07, 6.45) is 0. The fourth-order valence-electron chi connectivity index (χ4n) is 1.86. The van der Waals surface area contributed by atoms with Crippen molar-refractivity contribution in [3.63, 3.8) is 0 Å². The van der Waals surface area contributed by atoms with E-state index < -0.39 is 11.9 Å². The first kappa shape index (κ1) is 15.2. The molecule has 2 heterocycles. The lowest BCUT2D eigenvalue weighted by Crippen LogP contribution is -2.22. The Morgan fingerprint density at radius 3 is 2.38 bits per heavy atom. The second-order valence-electron chi connectivity index (χ2n) is 4.45. The maximum Gasteiger partial charge on any atom is 0.150 e. The van der Waals surface area contributed by atoms with Crippen LogP contribution in [0.1, 0.15) is 43.8 Å². The van der Waals surface area contributed by atoms with Crippen molar-refractivity contribution in [2.75, 3.05) is 0 Å². The number of hydrogen-bond acceptors (Lipinski definition) is 7. The SMILES string of the molecule is Cc1cc(C(=O)[O-])c(CSCc2cc(C(=O)[O-])oc2C)o1. The number of rotatable bonds is 6. The van der Waals surface area contributed by atoms with Crippen molar-refractivity contribution in [1.29, 1.82) is 0 Å². The number of thioether (sulfide) groups is 1. The van der Waals surface area contributed by atoms with Crippen LogP contribution in [0.15, 0.2) is 21.0 Å². The van der Waals surface area contributed by atoms with Crippen molar-refractivity contribution in [3.05, 3.63) is 46.3 Å². The highest BCUT2D eigenvalue weighted by molar-refractivity contribution is 7.97. The fraction of sp³-hybridized carbons (Fsp3) is 0.286. The van der Waals surface area contributed by atoms with Crippen LogP contribution < -0.4 is 10.2 Å². The number of carbonyl (C=O) groups excluding carboxylic acids is 2. The van der Waals surface area contributed by atoms with E-state index in [0.717, 1.165) is 5.56 Å². The first-order valence-electron chi connectivity index (χ1n) is 6.07. The van der Waals surface area contributed by atoms with E-state index in [-0.39, 0.29) is 11.3 Å². The highest BCUT2D eigenvalue weighted by atomic mass is 32.2. The number of furan rings is 2. The lowest BCUT2D eigenvalue weighted by Gasteiger charge is -2.03. The van der Waals surface area contributed by atoms with E-state index in [0.29, 0.717) is 28.8 Å². The molecule has 0 fully saturated rings. The summed E-state index contributed by atoms with van der Waals surface area (Å²) in [6.45, 7) is 3.32. The van der Waals surface area contributed by atoms with Crippen LogP contribution >= 0.6 is 11.8 Å². The van der Waals surface area contributed by atoms with Gasteiger partial charge in [-0.25, -0.2) is 0 Å². The largest absolute Gasteiger partial charge is 0.545 e. The molecule has 2 aromatic heterocycles. The van der Waals surface area contributed by atoms with E-state index in [1.54, 1.807) is 13.8 Å². The minimum atomic E-state index is -1.37. The molecule has 112 valence electrons. The van der Waals surface area contributed by atoms with Gasteiger partial charge in [0, 0.05) is 16.9 Å². The molecular formula is C14H12O6S-2. The van der Waals surface area contributed by atoms with Gasteiger partial charge in [0.1, 0.15) is 29.0 Å². The second-order valence-corrected chi connectivity index (χ2v) is 5.44. The van der Waals surface area contributed by atoms with Gasteiger partial charge in [-0.3, -0.25) is 0 Å². The Hall–Kier alpha value is -2.15. The Morgan fingerprint density at radius 1 is 1.10 bits per heavy atom. The molecule has 0 N–H and O–H groups in total. The molecule has 0 spiro atoms. The molecule has 0 radical (unpaired) electrons. The minimum Gasteiger partial charge on any atom is -0.545 e. The maximum absolute atomic E-state index is 10.9. The Morgan fingerprint density at radius 2 is 1.81 bits per heavy atom. The number of carbonyl (C=O) groups is 2. The van der Waals surface area contributed by atoms with Gasteiger partial charge < -0.3 is 28.6 Å². The molecule has 2 aromatic rings. The Balaban J connectivity index is 2.02. The van der Waals surface area contributed by atoms with Gasteiger partial charge in [-0.1, -0.05) is 0 Å². The predicted molar refractivity (Wildman–Crippen MR) is 70.6 cm³/mol. The van der Waals surface area contributed by atoms with Crippen LogP contribution in [-0.4, -0.2) is 11.9 Å². The summed E-state index contributed by atoms with van der Waals surface area (Å²) in [4.78, 5) is 21.6. The molecule has 0 aliphatic rings. The molecule has 6 nitrogen and oxygen atoms in total. The molecule has 0 unspecified atom stereocenters. The van der Waals surface area contributed by atoms with Gasteiger partial charge in [-0.05, 0) is 26.0 Å². The van der Waals surface area contributed by atoms with E-state index in [2.05, 4.69) is 0 Å². The lowest BCUT2D eigenvalue weighted by molar-refractivity contribution is -0.257. The molecule has 0 aliphatic heterocycles. The standard InChI is InChI=1S/C14H14O6S/c1-7-3-10(13(15)16)12(19-7)6-21-5-9-4-11(14(17)18)20-8(9)2/h3-4H,5-6H2,1-2H3,(H,15,16)(H,17,18)/p-2. The number of aromatic carboxylic acids is 2. The highest BCUT2D eigenvalue weighted by Crippen LogP contribution is 2.25. The number of carboxylic acids is 2. The van der Waals surface area contributed by atoms with Gasteiger partial charge in [-0.15, -0.1) is 11.8 Å². The van der Waals surface area contributed by atoms with Crippen LogP contribution in [-0.2, 0) is 11.5 Å². The zero-order valence-electron chi connectivity index (χ0n) is 11.4. The third kappa shape index (κ3) is 3.49. The predicted octanol–water partition coefficient (Wildman–Crippen LogP) is 0.650. The van der Waals surface area contributed by atoms with Crippen molar-refractivity contribution < 1.29 is 28.6 Å². The van der Waals surface area contributed by atoms with Gasteiger partial charge >= 0.3 is 0 Å². The Labute approximate surface area is 124 Å². The van der Waals surface area contributed by atoms with Crippen LogP contribution in [0.3, 0.4) is 0 Å². The van der Waals surface area contributed by atoms with Crippen LogP contribution in [0.5, 0.6) is 0 Å². The Kier molecular flexibility index (Phi) is 4.42. The number of hydrogen-bond donors (Lipinski definition) is 0. The molecule has 2 rings (SSSR count). The molecule has 0 amide bonds. The van der Waals surface area contributed by atoms with Crippen molar-refractivity contribution in [3.8, 4) is 0 Å². The molecule has 0 aromatic carbocycles. The average molecular weight is 308 g/mol. The first-order chi connectivity index (χ1) is 9.88. The molecule has 0 saturated carbocycles. The monoisotopic (exact) mass is 308 g/mol. The number of aryl methyl sites for hydroxylation is 2. The summed E-state index contributed by atoms with van der Waals surface area (Å²) < 4.78 is 10.4. The van der Waals surface area contributed by atoms with Crippen molar-refractivity contribution in [1.82, 2.24) is 0 Å². The minimum absolute atomic E-state index is 0.0411. The zero-order chi connectivity index (χ0) is 15.6. The molecule has 0 atom stereocenters. The lowest BCUT2D eigenvalue weighted by atomic mass is 10.2. The maximum atomic E-state index is 10.9. The van der Waals surface area contributed by atoms with Gasteiger partial charge in [0.05, 0.1) is 11.7 Å². The first-order valence-corrected chi connectivity index (χ1v) is 7.23. The third-order valence-corrected chi connectivity index (χ3v) is 3.85. The van der Waals surface area contributed by atoms with Crippen molar-refractivity contribution in [2.45, 2.75) is 25.4 Å². The van der Waals surface area contributed by atoms with Gasteiger partial charge in [-0.2, -0.15) is 0 Å². The summed E-state index contributed by atoms with van der Waals surface area (Å²) in [6, 6.07) is 2.83. The van der Waals surface area contributed by atoms with Crippen LogP contribution in [0.2, 0.25) is 0 Å². The van der Waals surface area contributed by atoms with Crippen molar-refractivity contribution in [2.24, 2.45) is 0 Å². The summed E-state index contributed by atoms with van der Waals surface area (Å²) in [5.74, 6) is -0.722. The quantitative estimate of drug-likeness (QED) is 0.771. The van der Waals surface area contributed by atoms with Crippen molar-refractivity contribution >= 4 is 23.7 Å². The van der Waals surface area contributed by atoms with E-state index in [1.165, 1.54) is 23.9 Å². The normalized spacial score (nSPS) is 10.8. The van der Waals surface area contributed by atoms with Gasteiger partial charge in [0.25, 0.3) is 0 Å². The molecular weight excluding hydrogens is 296 g/mol. The molecule has 21 heavy (non-hydrogen) atoms. The van der Waals surface area contributed by atoms with Crippen LogP contribution in [0.4, 0.5) is 0 Å². The smallest absolute Gasteiger partial charge is 0.150 e. The molecule has 0 bridgehead atoms. The average Bonchev–Trinajstić information content (AvgIpc) is 2.94. The van der Waals surface area contributed by atoms with E-state index in [1.807, 2.05) is 0 Å². The van der Waals surface area contributed by atoms with Crippen LogP contribution in [0.25, 0.3) is 0 Å². The molecule has 7 heteroatoms. The molecule has 0 aliphatic carbocycles. The molecule has 0 saturated heterocycles. The summed E-state index contributed by atoms with van der Waals surface area (Å²) in [5, 5.41) is 21.6. The summed E-state index contributed by atoms with van der Waals surface area (Å²) >= 11 is 1.39. The fourth-order valence-corrected chi connectivity index (χ4v) is 2.87. The topological polar surface area (TPSA) is 107 Å². The number of carboxylic acid groups (broad SMARTS) is 2. The van der Waals surface area contributed by atoms with Gasteiger partial charge in [0.2, 0.25) is 0 Å².